The van der Waals surface area contributed by atoms with Crippen molar-refractivity contribution in [2.75, 3.05) is 0 Å². The van der Waals surface area contributed by atoms with Crippen LogP contribution in [0.25, 0.3) is 11.1 Å². The van der Waals surface area contributed by atoms with Gasteiger partial charge in [-0.2, -0.15) is 0 Å². The molecule has 1 unspecified atom stereocenters. The molecule has 2 fully saturated rings. The van der Waals surface area contributed by atoms with Gasteiger partial charge in [0.25, 0.3) is 0 Å². The van der Waals surface area contributed by atoms with E-state index in [1.54, 1.807) is 22.3 Å². The molecular formula is C36H55P. The Morgan fingerprint density at radius 1 is 0.649 bits per heavy atom. The van der Waals surface area contributed by atoms with Crippen LogP contribution in [0.2, 0.25) is 0 Å². The van der Waals surface area contributed by atoms with E-state index >= 15 is 0 Å². The van der Waals surface area contributed by atoms with Gasteiger partial charge in [0.1, 0.15) is 0 Å². The van der Waals surface area contributed by atoms with Gasteiger partial charge < -0.3 is 0 Å². The lowest BCUT2D eigenvalue weighted by Gasteiger charge is -2.42. The Bertz CT molecular complexity index is 940. The summed E-state index contributed by atoms with van der Waals surface area (Å²) in [5.74, 6) is 1.62. The third-order valence-electron chi connectivity index (χ3n) is 9.44. The highest BCUT2D eigenvalue weighted by molar-refractivity contribution is 7.59. The maximum atomic E-state index is 2.65. The Balaban J connectivity index is 1.74. The minimum Gasteiger partial charge on any atom is -0.0971 e. The van der Waals surface area contributed by atoms with E-state index in [1.165, 1.54) is 81.8 Å². The lowest BCUT2D eigenvalue weighted by atomic mass is 9.80. The first-order valence-corrected chi connectivity index (χ1v) is 17.4. The third-order valence-corrected chi connectivity index (χ3v) is 13.4. The highest BCUT2D eigenvalue weighted by Crippen LogP contribution is 2.59. The molecule has 2 aromatic rings. The summed E-state index contributed by atoms with van der Waals surface area (Å²) in [7, 11) is 0.0828. The van der Waals surface area contributed by atoms with E-state index in [1.807, 2.05) is 0 Å². The molecule has 0 heterocycles. The fraction of sp³-hybridized carbons (Fsp3) is 0.667. The molecule has 0 radical (unpaired) electrons. The van der Waals surface area contributed by atoms with Crippen molar-refractivity contribution < 1.29 is 0 Å². The quantitative estimate of drug-likeness (QED) is 0.290. The Morgan fingerprint density at radius 2 is 1.14 bits per heavy atom. The molecule has 2 aromatic carbocycles. The number of hydrogen-bond donors (Lipinski definition) is 0. The number of benzene rings is 2. The smallest absolute Gasteiger partial charge is 0.0112 e. The fourth-order valence-electron chi connectivity index (χ4n) is 7.41. The highest BCUT2D eigenvalue weighted by Gasteiger charge is 2.35. The number of rotatable bonds is 9. The van der Waals surface area contributed by atoms with Crippen LogP contribution in [-0.2, 0) is 6.42 Å². The molecule has 0 bridgehead atoms. The van der Waals surface area contributed by atoms with Crippen LogP contribution in [0, 0.1) is 0 Å². The minimum atomic E-state index is 0.0828. The Labute approximate surface area is 231 Å². The van der Waals surface area contributed by atoms with Crippen molar-refractivity contribution >= 4 is 7.92 Å². The van der Waals surface area contributed by atoms with Crippen molar-refractivity contribution in [1.29, 1.82) is 0 Å². The van der Waals surface area contributed by atoms with Crippen molar-refractivity contribution in [3.63, 3.8) is 0 Å². The number of hydrogen-bond acceptors (Lipinski definition) is 0. The molecular weight excluding hydrogens is 463 g/mol. The lowest BCUT2D eigenvalue weighted by molar-refractivity contribution is 0.481. The summed E-state index contributed by atoms with van der Waals surface area (Å²) in [6.45, 7) is 16.9. The summed E-state index contributed by atoms with van der Waals surface area (Å²) in [4.78, 5) is 0. The second-order valence-corrected chi connectivity index (χ2v) is 16.5. The average Bonchev–Trinajstić information content (AvgIpc) is 2.89. The fourth-order valence-corrected chi connectivity index (χ4v) is 11.8. The zero-order valence-corrected chi connectivity index (χ0v) is 26.0. The van der Waals surface area contributed by atoms with Gasteiger partial charge >= 0.3 is 0 Å². The normalized spacial score (nSPS) is 18.9. The van der Waals surface area contributed by atoms with Crippen LogP contribution < -0.4 is 0 Å². The monoisotopic (exact) mass is 518 g/mol. The van der Waals surface area contributed by atoms with Crippen LogP contribution in [0.5, 0.6) is 0 Å². The first-order valence-electron chi connectivity index (χ1n) is 15.8. The van der Waals surface area contributed by atoms with Crippen LogP contribution in [-0.4, -0.2) is 17.0 Å². The molecule has 1 heteroatoms. The van der Waals surface area contributed by atoms with Gasteiger partial charge in [-0.05, 0) is 100 Å². The van der Waals surface area contributed by atoms with E-state index < -0.39 is 0 Å². The topological polar surface area (TPSA) is 0 Å². The molecule has 0 aromatic heterocycles. The van der Waals surface area contributed by atoms with Gasteiger partial charge in [-0.15, -0.1) is 0 Å². The summed E-state index contributed by atoms with van der Waals surface area (Å²) in [6.07, 6.45) is 16.2. The van der Waals surface area contributed by atoms with Gasteiger partial charge in [0.15, 0.2) is 0 Å². The molecule has 204 valence electrons. The van der Waals surface area contributed by atoms with E-state index in [4.69, 9.17) is 0 Å². The predicted molar refractivity (Wildman–Crippen MR) is 168 cm³/mol. The first-order chi connectivity index (χ1) is 17.8. The van der Waals surface area contributed by atoms with E-state index in [-0.39, 0.29) is 7.92 Å². The van der Waals surface area contributed by atoms with Crippen molar-refractivity contribution in [2.24, 2.45) is 0 Å². The van der Waals surface area contributed by atoms with E-state index in [9.17, 15) is 0 Å². The summed E-state index contributed by atoms with van der Waals surface area (Å²) in [5, 5.41) is 0. The van der Waals surface area contributed by atoms with E-state index in [0.29, 0.717) is 17.8 Å². The van der Waals surface area contributed by atoms with Gasteiger partial charge in [-0.25, -0.2) is 0 Å². The standard InChI is InChI=1S/C36H55P/c1-25(2)30-23-34(26(3)4)36(35(24-30)27(5)6)33-21-15-14-16-29(33)22-28(7)37(31-17-10-8-11-18-31)32-19-12-9-13-20-32/h14-16,21,23-28,31-32H,8-13,17-20,22H2,1-7H3. The Kier molecular flexibility index (Phi) is 10.4. The van der Waals surface area contributed by atoms with Gasteiger partial charge in [0, 0.05) is 0 Å². The summed E-state index contributed by atoms with van der Waals surface area (Å²) in [6, 6.07) is 14.6. The maximum absolute atomic E-state index is 2.65. The lowest BCUT2D eigenvalue weighted by Crippen LogP contribution is -2.26. The molecule has 0 N–H and O–H groups in total. The average molecular weight is 519 g/mol. The maximum Gasteiger partial charge on any atom is -0.0112 e. The summed E-state index contributed by atoms with van der Waals surface area (Å²) < 4.78 is 0. The van der Waals surface area contributed by atoms with Crippen molar-refractivity contribution in [3.05, 3.63) is 58.7 Å². The largest absolute Gasteiger partial charge is 0.0971 e. The van der Waals surface area contributed by atoms with Crippen LogP contribution >= 0.6 is 7.92 Å². The molecule has 0 amide bonds. The molecule has 2 aliphatic rings. The van der Waals surface area contributed by atoms with Crippen LogP contribution in [0.3, 0.4) is 0 Å². The molecule has 37 heavy (non-hydrogen) atoms. The summed E-state index contributed by atoms with van der Waals surface area (Å²) in [5.41, 5.74) is 12.2. The van der Waals surface area contributed by atoms with Gasteiger partial charge in [-0.3, -0.25) is 0 Å². The summed E-state index contributed by atoms with van der Waals surface area (Å²) >= 11 is 0. The van der Waals surface area contributed by atoms with E-state index in [2.05, 4.69) is 84.9 Å². The molecule has 0 saturated heterocycles. The first kappa shape index (κ1) is 28.9. The molecule has 0 aliphatic heterocycles. The van der Waals surface area contributed by atoms with E-state index in [0.717, 1.165) is 17.0 Å². The predicted octanol–water partition coefficient (Wildman–Crippen LogP) is 11.8. The molecule has 0 spiro atoms. The second-order valence-electron chi connectivity index (χ2n) is 13.3. The van der Waals surface area contributed by atoms with Gasteiger partial charge in [0.05, 0.1) is 0 Å². The molecule has 1 atom stereocenters. The van der Waals surface area contributed by atoms with Crippen molar-refractivity contribution in [2.45, 2.75) is 154 Å². The zero-order chi connectivity index (χ0) is 26.5. The van der Waals surface area contributed by atoms with Crippen LogP contribution in [0.15, 0.2) is 36.4 Å². The van der Waals surface area contributed by atoms with Gasteiger partial charge in [-0.1, -0.05) is 131 Å². The Hall–Kier alpha value is -1.13. The molecule has 2 saturated carbocycles. The SMILES string of the molecule is CC(C)c1cc(C(C)C)c(-c2ccccc2CC(C)P(C2CCCCC2)C2CCCCC2)c(C(C)C)c1. The van der Waals surface area contributed by atoms with Crippen LogP contribution in [0.4, 0.5) is 0 Å². The zero-order valence-electron chi connectivity index (χ0n) is 25.2. The van der Waals surface area contributed by atoms with Gasteiger partial charge in [0.2, 0.25) is 0 Å². The molecule has 2 aliphatic carbocycles. The Morgan fingerprint density at radius 3 is 1.59 bits per heavy atom. The van der Waals surface area contributed by atoms with Crippen LogP contribution in [0.1, 0.15) is 153 Å². The van der Waals surface area contributed by atoms with Crippen molar-refractivity contribution in [1.82, 2.24) is 0 Å². The molecule has 0 nitrogen and oxygen atoms in total. The molecule has 4 rings (SSSR count). The minimum absolute atomic E-state index is 0.0828. The third kappa shape index (κ3) is 6.90. The van der Waals surface area contributed by atoms with Crippen molar-refractivity contribution in [3.8, 4) is 11.1 Å². The second kappa shape index (κ2) is 13.3. The highest BCUT2D eigenvalue weighted by atomic mass is 31.1.